The molecule has 2 heterocycles. The Morgan fingerprint density at radius 2 is 1.95 bits per heavy atom. The average molecular weight is 572 g/mol. The van der Waals surface area contributed by atoms with Gasteiger partial charge in [0.05, 0.1) is 13.2 Å². The number of nitrogens with zero attached hydrogens (tertiary/aromatic N) is 2. The topological polar surface area (TPSA) is 118 Å². The molecule has 2 amide bonds. The number of hydrogen-bond acceptors (Lipinski definition) is 7. The van der Waals surface area contributed by atoms with Gasteiger partial charge >= 0.3 is 6.03 Å². The van der Waals surface area contributed by atoms with Gasteiger partial charge in [-0.15, -0.1) is 0 Å². The van der Waals surface area contributed by atoms with E-state index in [2.05, 4.69) is 11.4 Å². The summed E-state index contributed by atoms with van der Waals surface area (Å²) < 4.78 is 46.1. The third-order valence-electron chi connectivity index (χ3n) is 7.75. The van der Waals surface area contributed by atoms with Crippen molar-refractivity contribution in [3.05, 3.63) is 48.0 Å². The van der Waals surface area contributed by atoms with Crippen molar-refractivity contribution in [3.63, 3.8) is 0 Å². The summed E-state index contributed by atoms with van der Waals surface area (Å²) in [7, 11) is -2.26. The molecule has 2 aromatic rings. The summed E-state index contributed by atoms with van der Waals surface area (Å²) in [5.41, 5.74) is 2.69. The molecule has 3 atom stereocenters. The number of ether oxygens (including phenoxy) is 3. The van der Waals surface area contributed by atoms with Gasteiger partial charge in [-0.05, 0) is 68.0 Å². The molecule has 11 heteroatoms. The van der Waals surface area contributed by atoms with E-state index in [1.54, 1.807) is 38.2 Å². The molecule has 5 rings (SSSR count). The highest BCUT2D eigenvalue weighted by Gasteiger charge is 2.38. The molecule has 0 unspecified atom stereocenters. The molecular formula is C29H37N3O7S. The molecule has 216 valence electrons. The van der Waals surface area contributed by atoms with Gasteiger partial charge in [-0.2, -0.15) is 4.31 Å². The lowest BCUT2D eigenvalue weighted by atomic mass is 9.93. The molecule has 0 spiro atoms. The average Bonchev–Trinajstić information content (AvgIpc) is 3.42. The summed E-state index contributed by atoms with van der Waals surface area (Å²) in [6.45, 7) is 3.78. The maximum absolute atomic E-state index is 13.8. The molecule has 2 aromatic carbocycles. The van der Waals surface area contributed by atoms with Crippen LogP contribution in [0.1, 0.15) is 45.1 Å². The number of benzene rings is 2. The highest BCUT2D eigenvalue weighted by molar-refractivity contribution is 7.89. The molecule has 2 N–H and O–H groups in total. The van der Waals surface area contributed by atoms with Crippen molar-refractivity contribution in [2.45, 2.75) is 56.6 Å². The number of aliphatic hydroxyl groups excluding tert-OH is 1. The minimum absolute atomic E-state index is 0.0670. The molecule has 0 saturated heterocycles. The fourth-order valence-electron chi connectivity index (χ4n) is 5.29. The quantitative estimate of drug-likeness (QED) is 0.531. The zero-order chi connectivity index (χ0) is 28.4. The number of carbonyl (C=O) groups excluding carboxylic acids is 1. The van der Waals surface area contributed by atoms with Gasteiger partial charge in [0.25, 0.3) is 0 Å². The van der Waals surface area contributed by atoms with Crippen LogP contribution in [0.3, 0.4) is 0 Å². The number of amides is 2. The Morgan fingerprint density at radius 1 is 1.15 bits per heavy atom. The van der Waals surface area contributed by atoms with E-state index in [1.807, 2.05) is 19.1 Å². The summed E-state index contributed by atoms with van der Waals surface area (Å²) in [6.07, 6.45) is 5.86. The second-order valence-corrected chi connectivity index (χ2v) is 12.6. The molecule has 3 aliphatic rings. The van der Waals surface area contributed by atoms with Crippen LogP contribution < -0.4 is 19.5 Å². The van der Waals surface area contributed by atoms with E-state index in [0.717, 1.165) is 31.2 Å². The minimum Gasteiger partial charge on any atom is -0.487 e. The number of carbonyl (C=O) groups is 1. The first-order valence-electron chi connectivity index (χ1n) is 13.7. The molecule has 2 aliphatic heterocycles. The Morgan fingerprint density at radius 3 is 2.70 bits per heavy atom. The van der Waals surface area contributed by atoms with Gasteiger partial charge in [-0.3, -0.25) is 0 Å². The van der Waals surface area contributed by atoms with Gasteiger partial charge < -0.3 is 29.5 Å². The number of nitrogens with one attached hydrogen (secondary N) is 1. The number of allylic oxidation sites excluding steroid dienone is 2. The van der Waals surface area contributed by atoms with Crippen molar-refractivity contribution in [2.24, 2.45) is 5.92 Å². The van der Waals surface area contributed by atoms with Gasteiger partial charge in [0.15, 0.2) is 11.5 Å². The van der Waals surface area contributed by atoms with E-state index < -0.39 is 22.2 Å². The van der Waals surface area contributed by atoms with Crippen molar-refractivity contribution in [2.75, 3.05) is 38.9 Å². The lowest BCUT2D eigenvalue weighted by Gasteiger charge is -2.37. The molecule has 40 heavy (non-hydrogen) atoms. The molecular weight excluding hydrogens is 534 g/mol. The van der Waals surface area contributed by atoms with Crippen LogP contribution in [0.15, 0.2) is 47.4 Å². The SMILES string of the molecule is C[C@@H]1CN([C@@H](C)CO)S(=O)(=O)c2ccc(C3=CCCCC3)cc2O[C@@H]1CN(C)C(=O)Nc1ccc2c(c1)OCO2. The van der Waals surface area contributed by atoms with E-state index in [0.29, 0.717) is 17.2 Å². The van der Waals surface area contributed by atoms with Crippen LogP contribution in [0.5, 0.6) is 17.2 Å². The van der Waals surface area contributed by atoms with Gasteiger partial charge in [0, 0.05) is 37.3 Å². The number of aliphatic hydroxyl groups is 1. The summed E-state index contributed by atoms with van der Waals surface area (Å²) >= 11 is 0. The maximum Gasteiger partial charge on any atom is 0.321 e. The predicted octanol–water partition coefficient (Wildman–Crippen LogP) is 4.31. The molecule has 10 nitrogen and oxygen atoms in total. The van der Waals surface area contributed by atoms with Gasteiger partial charge in [0.1, 0.15) is 16.7 Å². The number of likely N-dealkylation sites (N-methyl/N-ethyl adjacent to an activating group) is 1. The molecule has 0 saturated carbocycles. The predicted molar refractivity (Wildman–Crippen MR) is 151 cm³/mol. The molecule has 0 fully saturated rings. The van der Waals surface area contributed by atoms with Crippen LogP contribution in [-0.4, -0.2) is 74.4 Å². The number of sulfonamides is 1. The van der Waals surface area contributed by atoms with E-state index in [4.69, 9.17) is 14.2 Å². The van der Waals surface area contributed by atoms with Crippen LogP contribution in [0.25, 0.3) is 5.57 Å². The first-order chi connectivity index (χ1) is 19.2. The first-order valence-corrected chi connectivity index (χ1v) is 15.2. The Bertz CT molecular complexity index is 1390. The van der Waals surface area contributed by atoms with Gasteiger partial charge in [-0.1, -0.05) is 19.1 Å². The number of rotatable bonds is 6. The van der Waals surface area contributed by atoms with Crippen molar-refractivity contribution >= 4 is 27.3 Å². The third-order valence-corrected chi connectivity index (χ3v) is 9.77. The van der Waals surface area contributed by atoms with Crippen LogP contribution in [0.2, 0.25) is 0 Å². The van der Waals surface area contributed by atoms with Crippen molar-refractivity contribution in [1.29, 1.82) is 0 Å². The Labute approximate surface area is 235 Å². The third kappa shape index (κ3) is 5.77. The van der Waals surface area contributed by atoms with Crippen molar-refractivity contribution < 1.29 is 32.5 Å². The monoisotopic (exact) mass is 571 g/mol. The van der Waals surface area contributed by atoms with E-state index >= 15 is 0 Å². The smallest absolute Gasteiger partial charge is 0.321 e. The Balaban J connectivity index is 1.42. The summed E-state index contributed by atoms with van der Waals surface area (Å²) in [4.78, 5) is 14.7. The number of anilines is 1. The number of fused-ring (bicyclic) bond motifs is 2. The van der Waals surface area contributed by atoms with Gasteiger partial charge in [-0.25, -0.2) is 13.2 Å². The highest BCUT2D eigenvalue weighted by Crippen LogP contribution is 2.38. The fraction of sp³-hybridized carbons (Fsp3) is 0.483. The van der Waals surface area contributed by atoms with Crippen molar-refractivity contribution in [3.8, 4) is 17.2 Å². The normalized spacial score (nSPS) is 22.6. The Kier molecular flexibility index (Phi) is 8.25. The van der Waals surface area contributed by atoms with Crippen molar-refractivity contribution in [1.82, 2.24) is 9.21 Å². The lowest BCUT2D eigenvalue weighted by Crippen LogP contribution is -2.50. The molecule has 0 aromatic heterocycles. The van der Waals surface area contributed by atoms with Crippen LogP contribution in [0, 0.1) is 5.92 Å². The highest BCUT2D eigenvalue weighted by atomic mass is 32.2. The number of hydrogen-bond donors (Lipinski definition) is 2. The minimum atomic E-state index is -3.93. The van der Waals surface area contributed by atoms with Crippen LogP contribution in [-0.2, 0) is 10.0 Å². The van der Waals surface area contributed by atoms with Gasteiger partial charge in [0.2, 0.25) is 16.8 Å². The fourth-order valence-corrected chi connectivity index (χ4v) is 7.12. The zero-order valence-corrected chi connectivity index (χ0v) is 23.9. The summed E-state index contributed by atoms with van der Waals surface area (Å²) in [5.74, 6) is 1.18. The summed E-state index contributed by atoms with van der Waals surface area (Å²) in [5, 5.41) is 12.8. The van der Waals surface area contributed by atoms with E-state index in [-0.39, 0.29) is 49.1 Å². The molecule has 0 radical (unpaired) electrons. The largest absolute Gasteiger partial charge is 0.487 e. The van der Waals surface area contributed by atoms with E-state index in [1.165, 1.54) is 14.8 Å². The van der Waals surface area contributed by atoms with Crippen LogP contribution >= 0.6 is 0 Å². The molecule has 0 bridgehead atoms. The zero-order valence-electron chi connectivity index (χ0n) is 23.1. The Hall–Kier alpha value is -3.28. The number of urea groups is 1. The standard InChI is InChI=1S/C29H37N3O7S/c1-19-15-32(20(2)17-33)40(35,36)28-12-9-22(21-7-5-4-6-8-21)13-26(28)39-27(19)16-31(3)29(34)30-23-10-11-24-25(14-23)38-18-37-24/h7,9-14,19-20,27,33H,4-6,8,15-18H2,1-3H3,(H,30,34)/t19-,20+,27-/m1/s1. The maximum atomic E-state index is 13.8. The van der Waals surface area contributed by atoms with Crippen LogP contribution in [0.4, 0.5) is 10.5 Å². The first kappa shape index (κ1) is 28.3. The second kappa shape index (κ2) is 11.7. The molecule has 1 aliphatic carbocycles. The summed E-state index contributed by atoms with van der Waals surface area (Å²) in [6, 6.07) is 9.48. The van der Waals surface area contributed by atoms with E-state index in [9.17, 15) is 18.3 Å². The second-order valence-electron chi connectivity index (χ2n) is 10.8. The lowest BCUT2D eigenvalue weighted by molar-refractivity contribution is 0.0830.